The molecule has 6 heteroatoms. The van der Waals surface area contributed by atoms with Gasteiger partial charge in [0.05, 0.1) is 11.2 Å². The molecular weight excluding hydrogens is 335 g/mol. The van der Waals surface area contributed by atoms with Crippen LogP contribution in [-0.2, 0) is 9.31 Å². The van der Waals surface area contributed by atoms with E-state index in [1.54, 1.807) is 12.1 Å². The Balaban J connectivity index is 1.87. The van der Waals surface area contributed by atoms with Crippen molar-refractivity contribution < 1.29 is 18.1 Å². The summed E-state index contributed by atoms with van der Waals surface area (Å²) in [6.45, 7) is 7.96. The van der Waals surface area contributed by atoms with Gasteiger partial charge in [-0.3, -0.25) is 0 Å². The monoisotopic (exact) mass is 363 g/mol. The molecule has 0 spiro atoms. The maximum Gasteiger partial charge on any atom is 0.525 e. The van der Waals surface area contributed by atoms with Gasteiger partial charge in [-0.2, -0.15) is 0 Å². The van der Waals surface area contributed by atoms with Crippen LogP contribution >= 0.6 is 0 Å². The highest BCUT2D eigenvalue weighted by Gasteiger charge is 2.53. The fourth-order valence-electron chi connectivity index (χ4n) is 3.44. The van der Waals surface area contributed by atoms with E-state index >= 15 is 4.39 Å². The minimum atomic E-state index is -1.05. The molecule has 1 aliphatic heterocycles. The van der Waals surface area contributed by atoms with Gasteiger partial charge in [-0.15, -0.1) is 0 Å². The second kappa shape index (κ2) is 7.41. The summed E-state index contributed by atoms with van der Waals surface area (Å²) in [4.78, 5) is 0. The van der Waals surface area contributed by atoms with Crippen LogP contribution < -0.4 is 5.32 Å². The molecule has 1 aliphatic carbocycles. The summed E-state index contributed by atoms with van der Waals surface area (Å²) in [7, 11) is -1.05. The molecule has 2 fully saturated rings. The van der Waals surface area contributed by atoms with Crippen LogP contribution in [0, 0.1) is 5.82 Å². The molecular formula is C20H28BF2NO2. The third-order valence-electron chi connectivity index (χ3n) is 5.86. The Kier molecular flexibility index (Phi) is 5.57. The lowest BCUT2D eigenvalue weighted by molar-refractivity contribution is 0.00578. The first-order valence-electron chi connectivity index (χ1n) is 9.43. The van der Waals surface area contributed by atoms with E-state index in [1.165, 1.54) is 25.0 Å². The summed E-state index contributed by atoms with van der Waals surface area (Å²) in [5.41, 5.74) is -0.552. The molecule has 0 bridgehead atoms. The zero-order valence-corrected chi connectivity index (χ0v) is 16.1. The van der Waals surface area contributed by atoms with Crippen LogP contribution in [0.2, 0.25) is 0 Å². The van der Waals surface area contributed by atoms with Crippen molar-refractivity contribution in [2.75, 3.05) is 6.54 Å². The highest BCUT2D eigenvalue weighted by Crippen LogP contribution is 2.40. The van der Waals surface area contributed by atoms with Gasteiger partial charge in [0, 0.05) is 18.2 Å². The maximum atomic E-state index is 15.4. The summed E-state index contributed by atoms with van der Waals surface area (Å²) in [5.74, 6) is -0.340. The number of halogens is 2. The molecule has 0 radical (unpaired) electrons. The Bertz CT molecular complexity index is 651. The summed E-state index contributed by atoms with van der Waals surface area (Å²) < 4.78 is 40.5. The molecule has 1 N–H and O–H groups in total. The number of hydrogen-bond acceptors (Lipinski definition) is 3. The van der Waals surface area contributed by atoms with Gasteiger partial charge >= 0.3 is 7.12 Å². The smallest absolute Gasteiger partial charge is 0.398 e. The van der Waals surface area contributed by atoms with Crippen molar-refractivity contribution in [1.29, 1.82) is 0 Å². The molecule has 3 nitrogen and oxygen atoms in total. The Morgan fingerprint density at radius 3 is 2.15 bits per heavy atom. The Hall–Kier alpha value is -1.24. The molecule has 1 aromatic carbocycles. The van der Waals surface area contributed by atoms with Crippen LogP contribution in [0.1, 0.15) is 58.9 Å². The van der Waals surface area contributed by atoms with Crippen LogP contribution in [0.25, 0.3) is 5.57 Å². The molecule has 0 unspecified atom stereocenters. The number of benzene rings is 1. The molecule has 3 rings (SSSR count). The molecule has 0 aromatic heterocycles. The van der Waals surface area contributed by atoms with Gasteiger partial charge in [-0.25, -0.2) is 8.78 Å². The first-order valence-corrected chi connectivity index (χ1v) is 9.43. The van der Waals surface area contributed by atoms with Crippen LogP contribution in [0.15, 0.2) is 30.0 Å². The van der Waals surface area contributed by atoms with Gasteiger partial charge in [0.2, 0.25) is 0 Å². The highest BCUT2D eigenvalue weighted by atomic mass is 19.1. The van der Waals surface area contributed by atoms with Crippen LogP contribution in [0.5, 0.6) is 0 Å². The maximum absolute atomic E-state index is 15.4. The van der Waals surface area contributed by atoms with Crippen molar-refractivity contribution in [3.05, 3.63) is 41.4 Å². The SMILES string of the molecule is CC1(C)OB(C(F)=C(CNC2CCCC2)c2ccc(F)cc2)OC1(C)C. The van der Waals surface area contributed by atoms with E-state index in [1.807, 2.05) is 27.7 Å². The summed E-state index contributed by atoms with van der Waals surface area (Å²) >= 11 is 0. The zero-order valence-electron chi connectivity index (χ0n) is 16.1. The number of rotatable bonds is 5. The van der Waals surface area contributed by atoms with E-state index in [9.17, 15) is 4.39 Å². The fourth-order valence-corrected chi connectivity index (χ4v) is 3.44. The van der Waals surface area contributed by atoms with Gasteiger partial charge < -0.3 is 14.6 Å². The number of hydrogen-bond donors (Lipinski definition) is 1. The first-order chi connectivity index (χ1) is 12.2. The average molecular weight is 363 g/mol. The second-order valence-corrected chi connectivity index (χ2v) is 8.28. The van der Waals surface area contributed by atoms with Crippen molar-refractivity contribution in [1.82, 2.24) is 5.32 Å². The molecule has 142 valence electrons. The molecule has 2 aliphatic rings. The van der Waals surface area contributed by atoms with E-state index in [4.69, 9.17) is 9.31 Å². The van der Waals surface area contributed by atoms with E-state index in [-0.39, 0.29) is 5.82 Å². The van der Waals surface area contributed by atoms with Crippen LogP contribution in [0.3, 0.4) is 0 Å². The lowest BCUT2D eigenvalue weighted by Crippen LogP contribution is -2.41. The molecule has 1 saturated heterocycles. The Morgan fingerprint density at radius 1 is 1.08 bits per heavy atom. The summed E-state index contributed by atoms with van der Waals surface area (Å²) in [6, 6.07) is 6.30. The third kappa shape index (κ3) is 4.02. The van der Waals surface area contributed by atoms with Crippen LogP contribution in [0.4, 0.5) is 8.78 Å². The van der Waals surface area contributed by atoms with Gasteiger partial charge in [0.1, 0.15) is 11.5 Å². The summed E-state index contributed by atoms with van der Waals surface area (Å²) in [6.07, 6.45) is 4.61. The largest absolute Gasteiger partial charge is 0.525 e. The average Bonchev–Trinajstić information content (AvgIpc) is 3.15. The van der Waals surface area contributed by atoms with Crippen molar-refractivity contribution in [2.24, 2.45) is 0 Å². The third-order valence-corrected chi connectivity index (χ3v) is 5.86. The lowest BCUT2D eigenvalue weighted by Gasteiger charge is -2.32. The van der Waals surface area contributed by atoms with Gasteiger partial charge in [0.25, 0.3) is 0 Å². The summed E-state index contributed by atoms with van der Waals surface area (Å²) in [5, 5.41) is 3.44. The predicted octanol–water partition coefficient (Wildman–Crippen LogP) is 4.67. The lowest BCUT2D eigenvalue weighted by atomic mass is 9.82. The topological polar surface area (TPSA) is 30.5 Å². The van der Waals surface area contributed by atoms with Crippen molar-refractivity contribution in [2.45, 2.75) is 70.6 Å². The van der Waals surface area contributed by atoms with E-state index in [2.05, 4.69) is 5.32 Å². The van der Waals surface area contributed by atoms with E-state index in [0.29, 0.717) is 23.7 Å². The minimum Gasteiger partial charge on any atom is -0.398 e. The molecule has 26 heavy (non-hydrogen) atoms. The van der Waals surface area contributed by atoms with Crippen molar-refractivity contribution >= 4 is 12.7 Å². The van der Waals surface area contributed by atoms with Crippen molar-refractivity contribution in [3.8, 4) is 0 Å². The van der Waals surface area contributed by atoms with Crippen LogP contribution in [-0.4, -0.2) is 30.9 Å². The molecule has 1 heterocycles. The predicted molar refractivity (Wildman–Crippen MR) is 101 cm³/mol. The molecule has 1 aromatic rings. The van der Waals surface area contributed by atoms with Gasteiger partial charge in [-0.05, 0) is 58.2 Å². The van der Waals surface area contributed by atoms with Crippen molar-refractivity contribution in [3.63, 3.8) is 0 Å². The van der Waals surface area contributed by atoms with Gasteiger partial charge in [-0.1, -0.05) is 25.0 Å². The Labute approximate surface area is 155 Å². The zero-order chi connectivity index (χ0) is 18.9. The quantitative estimate of drug-likeness (QED) is 0.772. The highest BCUT2D eigenvalue weighted by molar-refractivity contribution is 6.55. The minimum absolute atomic E-state index is 0.340. The first kappa shape index (κ1) is 19.5. The Morgan fingerprint density at radius 2 is 1.62 bits per heavy atom. The standard InChI is InChI=1S/C20H28BF2NO2/c1-19(2)20(3,4)26-21(25-19)18(23)17(13-24-16-7-5-6-8-16)14-9-11-15(22)12-10-14/h9-12,16,24H,5-8,13H2,1-4H3. The number of nitrogens with one attached hydrogen (secondary N) is 1. The molecule has 0 amide bonds. The molecule has 1 saturated carbocycles. The van der Waals surface area contributed by atoms with E-state index < -0.39 is 24.0 Å². The molecule has 0 atom stereocenters. The normalized spacial score (nSPS) is 23.4. The second-order valence-electron chi connectivity index (χ2n) is 8.28. The van der Waals surface area contributed by atoms with Gasteiger partial charge in [0.15, 0.2) is 0 Å². The van der Waals surface area contributed by atoms with E-state index in [0.717, 1.165) is 12.8 Å². The fraction of sp³-hybridized carbons (Fsp3) is 0.600.